The van der Waals surface area contributed by atoms with Crippen molar-refractivity contribution in [2.75, 3.05) is 0 Å². The second kappa shape index (κ2) is 5.09. The summed E-state index contributed by atoms with van der Waals surface area (Å²) in [6.07, 6.45) is 3.14. The average Bonchev–Trinajstić information content (AvgIpc) is 2.72. The van der Waals surface area contributed by atoms with E-state index in [2.05, 4.69) is 10.1 Å². The summed E-state index contributed by atoms with van der Waals surface area (Å²) in [4.78, 5) is 15.5. The van der Waals surface area contributed by atoms with Crippen molar-refractivity contribution >= 4 is 5.97 Å². The normalized spacial score (nSPS) is 11.7. The lowest BCUT2D eigenvalue weighted by Gasteiger charge is -2.26. The van der Waals surface area contributed by atoms with E-state index in [0.29, 0.717) is 19.3 Å². The van der Waals surface area contributed by atoms with Crippen molar-refractivity contribution in [3.8, 4) is 0 Å². The van der Waals surface area contributed by atoms with Crippen molar-refractivity contribution in [3.63, 3.8) is 0 Å². The molecule has 0 fully saturated rings. The first kappa shape index (κ1) is 12.7. The molecule has 90 valence electrons. The van der Waals surface area contributed by atoms with E-state index in [1.807, 2.05) is 20.8 Å². The quantitative estimate of drug-likeness (QED) is 0.800. The minimum Gasteiger partial charge on any atom is -0.481 e. The lowest BCUT2D eigenvalue weighted by atomic mass is 9.79. The summed E-state index contributed by atoms with van der Waals surface area (Å²) in [5.74, 6) is 0.0109. The lowest BCUT2D eigenvalue weighted by Crippen LogP contribution is -2.33. The number of aryl methyl sites for hydroxylation is 1. The van der Waals surface area contributed by atoms with E-state index < -0.39 is 11.4 Å². The van der Waals surface area contributed by atoms with Gasteiger partial charge in [0.05, 0.1) is 5.41 Å². The smallest absolute Gasteiger partial charge is 0.310 e. The minimum absolute atomic E-state index is 0.448. The van der Waals surface area contributed by atoms with Gasteiger partial charge in [-0.15, -0.1) is 0 Å². The van der Waals surface area contributed by atoms with Crippen molar-refractivity contribution in [3.05, 3.63) is 12.2 Å². The third-order valence-corrected chi connectivity index (χ3v) is 3.30. The van der Waals surface area contributed by atoms with Crippen LogP contribution in [0, 0.1) is 5.41 Å². The zero-order valence-corrected chi connectivity index (χ0v) is 10.1. The number of rotatable bonds is 6. The van der Waals surface area contributed by atoms with E-state index in [0.717, 1.165) is 12.4 Å². The predicted molar refractivity (Wildman–Crippen MR) is 60.1 cm³/mol. The summed E-state index contributed by atoms with van der Waals surface area (Å²) in [7, 11) is 0. The van der Waals surface area contributed by atoms with Gasteiger partial charge < -0.3 is 5.11 Å². The van der Waals surface area contributed by atoms with Crippen LogP contribution in [0.3, 0.4) is 0 Å². The Morgan fingerprint density at radius 1 is 1.44 bits per heavy atom. The maximum absolute atomic E-state index is 11.4. The van der Waals surface area contributed by atoms with E-state index in [-0.39, 0.29) is 0 Å². The van der Waals surface area contributed by atoms with E-state index in [1.54, 1.807) is 4.68 Å². The topological polar surface area (TPSA) is 68.0 Å². The van der Waals surface area contributed by atoms with Crippen molar-refractivity contribution in [1.82, 2.24) is 14.8 Å². The van der Waals surface area contributed by atoms with Gasteiger partial charge in [0.15, 0.2) is 0 Å². The fourth-order valence-corrected chi connectivity index (χ4v) is 1.87. The number of aliphatic carboxylic acids is 1. The summed E-state index contributed by atoms with van der Waals surface area (Å²) >= 11 is 0. The average molecular weight is 225 g/mol. The van der Waals surface area contributed by atoms with Crippen LogP contribution in [0.15, 0.2) is 6.33 Å². The van der Waals surface area contributed by atoms with Crippen LogP contribution in [0.4, 0.5) is 0 Å². The van der Waals surface area contributed by atoms with Crippen LogP contribution >= 0.6 is 0 Å². The number of hydrogen-bond acceptors (Lipinski definition) is 3. The largest absolute Gasteiger partial charge is 0.481 e. The fourth-order valence-electron chi connectivity index (χ4n) is 1.87. The van der Waals surface area contributed by atoms with Crippen LogP contribution in [-0.2, 0) is 17.8 Å². The molecule has 1 N–H and O–H groups in total. The Bertz CT molecular complexity index is 356. The second-order valence-electron chi connectivity index (χ2n) is 3.96. The molecule has 16 heavy (non-hydrogen) atoms. The van der Waals surface area contributed by atoms with E-state index >= 15 is 0 Å². The second-order valence-corrected chi connectivity index (χ2v) is 3.96. The summed E-state index contributed by atoms with van der Waals surface area (Å²) in [6, 6.07) is 0. The van der Waals surface area contributed by atoms with Gasteiger partial charge in [0, 0.05) is 13.0 Å². The monoisotopic (exact) mass is 225 g/mol. The minimum atomic E-state index is -0.747. The first-order valence-electron chi connectivity index (χ1n) is 5.69. The first-order valence-corrected chi connectivity index (χ1v) is 5.69. The SMILES string of the molecule is CCn1ncnc1CC(CC)(CC)C(=O)O. The molecule has 0 saturated carbocycles. The molecule has 0 amide bonds. The van der Waals surface area contributed by atoms with Gasteiger partial charge in [0.2, 0.25) is 0 Å². The standard InChI is InChI=1S/C11H19N3O2/c1-4-11(5-2,10(15)16)7-9-12-8-13-14(9)6-3/h8H,4-7H2,1-3H3,(H,15,16). The fraction of sp³-hybridized carbons (Fsp3) is 0.727. The zero-order chi connectivity index (χ0) is 12.2. The van der Waals surface area contributed by atoms with Crippen LogP contribution in [0.25, 0.3) is 0 Å². The van der Waals surface area contributed by atoms with Gasteiger partial charge in [-0.25, -0.2) is 4.98 Å². The highest BCUT2D eigenvalue weighted by Crippen LogP contribution is 2.30. The molecular formula is C11H19N3O2. The molecule has 0 saturated heterocycles. The molecule has 1 aromatic rings. The summed E-state index contributed by atoms with van der Waals surface area (Å²) in [5.41, 5.74) is -0.708. The molecule has 1 rings (SSSR count). The Labute approximate surface area is 95.5 Å². The highest BCUT2D eigenvalue weighted by molar-refractivity contribution is 5.74. The number of aromatic nitrogens is 3. The molecule has 0 aromatic carbocycles. The molecule has 0 aliphatic carbocycles. The molecular weight excluding hydrogens is 206 g/mol. The molecule has 5 nitrogen and oxygen atoms in total. The molecule has 0 spiro atoms. The molecule has 0 aliphatic heterocycles. The Hall–Kier alpha value is -1.39. The number of carboxylic acid groups (broad SMARTS) is 1. The summed E-state index contributed by atoms with van der Waals surface area (Å²) in [6.45, 7) is 6.51. The van der Waals surface area contributed by atoms with Crippen molar-refractivity contribution in [1.29, 1.82) is 0 Å². The zero-order valence-electron chi connectivity index (χ0n) is 10.1. The summed E-state index contributed by atoms with van der Waals surface area (Å²) in [5, 5.41) is 13.4. The maximum Gasteiger partial charge on any atom is 0.310 e. The number of carboxylic acids is 1. The molecule has 1 heterocycles. The molecule has 0 unspecified atom stereocenters. The third kappa shape index (κ3) is 2.23. The third-order valence-electron chi connectivity index (χ3n) is 3.30. The highest BCUT2D eigenvalue weighted by atomic mass is 16.4. The summed E-state index contributed by atoms with van der Waals surface area (Å²) < 4.78 is 1.75. The van der Waals surface area contributed by atoms with Crippen LogP contribution in [0.5, 0.6) is 0 Å². The number of hydrogen-bond donors (Lipinski definition) is 1. The van der Waals surface area contributed by atoms with Gasteiger partial charge >= 0.3 is 5.97 Å². The number of carbonyl (C=O) groups is 1. The Morgan fingerprint density at radius 3 is 2.50 bits per heavy atom. The molecule has 0 atom stereocenters. The van der Waals surface area contributed by atoms with Gasteiger partial charge in [-0.2, -0.15) is 5.10 Å². The molecule has 0 bridgehead atoms. The number of nitrogens with zero attached hydrogens (tertiary/aromatic N) is 3. The van der Waals surface area contributed by atoms with Gasteiger partial charge in [-0.3, -0.25) is 9.48 Å². The Morgan fingerprint density at radius 2 is 2.06 bits per heavy atom. The Balaban J connectivity index is 2.96. The van der Waals surface area contributed by atoms with Crippen LogP contribution in [0.2, 0.25) is 0 Å². The van der Waals surface area contributed by atoms with Crippen molar-refractivity contribution < 1.29 is 9.90 Å². The highest BCUT2D eigenvalue weighted by Gasteiger charge is 2.36. The van der Waals surface area contributed by atoms with Crippen LogP contribution < -0.4 is 0 Å². The van der Waals surface area contributed by atoms with Crippen molar-refractivity contribution in [2.45, 2.75) is 46.6 Å². The van der Waals surface area contributed by atoms with Gasteiger partial charge in [-0.1, -0.05) is 13.8 Å². The van der Waals surface area contributed by atoms with Crippen molar-refractivity contribution in [2.24, 2.45) is 5.41 Å². The van der Waals surface area contributed by atoms with Gasteiger partial charge in [-0.05, 0) is 19.8 Å². The van der Waals surface area contributed by atoms with Gasteiger partial charge in [0.25, 0.3) is 0 Å². The molecule has 5 heteroatoms. The predicted octanol–water partition coefficient (Wildman–Crippen LogP) is 1.73. The Kier molecular flexibility index (Phi) is 4.04. The van der Waals surface area contributed by atoms with E-state index in [1.165, 1.54) is 6.33 Å². The maximum atomic E-state index is 11.4. The van der Waals surface area contributed by atoms with Gasteiger partial charge in [0.1, 0.15) is 12.2 Å². The molecule has 1 aromatic heterocycles. The molecule has 0 aliphatic rings. The van der Waals surface area contributed by atoms with Crippen LogP contribution in [-0.4, -0.2) is 25.8 Å². The molecule has 0 radical (unpaired) electrons. The van der Waals surface area contributed by atoms with E-state index in [4.69, 9.17) is 0 Å². The van der Waals surface area contributed by atoms with Crippen LogP contribution in [0.1, 0.15) is 39.4 Å². The lowest BCUT2D eigenvalue weighted by molar-refractivity contribution is -0.149. The first-order chi connectivity index (χ1) is 7.59. The van der Waals surface area contributed by atoms with E-state index in [9.17, 15) is 9.90 Å².